The van der Waals surface area contributed by atoms with E-state index in [1.54, 1.807) is 0 Å². The number of hydrogen-bond acceptors (Lipinski definition) is 2. The average Bonchev–Trinajstić information content (AvgIpc) is 2.93. The highest BCUT2D eigenvalue weighted by atomic mass is 16.2. The normalized spacial score (nSPS) is 26.7. The summed E-state index contributed by atoms with van der Waals surface area (Å²) >= 11 is 0. The average molecular weight is 244 g/mol. The van der Waals surface area contributed by atoms with E-state index in [-0.39, 0.29) is 18.0 Å². The minimum atomic E-state index is 0.0269. The van der Waals surface area contributed by atoms with E-state index in [0.717, 1.165) is 32.2 Å². The number of carbonyl (C=O) groups is 1. The Balaban J connectivity index is 1.72. The molecule has 1 amide bonds. The van der Waals surface area contributed by atoms with Crippen LogP contribution in [0.2, 0.25) is 0 Å². The molecule has 0 saturated carbocycles. The van der Waals surface area contributed by atoms with Crippen LogP contribution >= 0.6 is 0 Å². The van der Waals surface area contributed by atoms with Crippen LogP contribution in [0.15, 0.2) is 24.3 Å². The van der Waals surface area contributed by atoms with Crippen molar-refractivity contribution in [2.75, 3.05) is 6.54 Å². The second kappa shape index (κ2) is 5.11. The molecule has 0 bridgehead atoms. The van der Waals surface area contributed by atoms with Crippen molar-refractivity contribution >= 4 is 5.91 Å². The lowest BCUT2D eigenvalue weighted by Crippen LogP contribution is -2.42. The maximum absolute atomic E-state index is 12.1. The number of carbonyl (C=O) groups excluding carboxylic acids is 1. The first-order valence-corrected chi connectivity index (χ1v) is 6.96. The highest BCUT2D eigenvalue weighted by Gasteiger charge is 2.26. The first-order valence-electron chi connectivity index (χ1n) is 6.96. The third-order valence-electron chi connectivity index (χ3n) is 4.06. The fourth-order valence-corrected chi connectivity index (χ4v) is 3.08. The van der Waals surface area contributed by atoms with Gasteiger partial charge in [0.1, 0.15) is 0 Å². The van der Waals surface area contributed by atoms with Crippen LogP contribution in [0.5, 0.6) is 0 Å². The smallest absolute Gasteiger partial charge is 0.237 e. The van der Waals surface area contributed by atoms with Crippen LogP contribution in [0.4, 0.5) is 0 Å². The lowest BCUT2D eigenvalue weighted by Gasteiger charge is -2.27. The molecule has 1 heterocycles. The van der Waals surface area contributed by atoms with Crippen molar-refractivity contribution in [3.63, 3.8) is 0 Å². The zero-order valence-electron chi connectivity index (χ0n) is 10.6. The van der Waals surface area contributed by atoms with Crippen molar-refractivity contribution < 1.29 is 4.79 Å². The van der Waals surface area contributed by atoms with Gasteiger partial charge in [0, 0.05) is 0 Å². The number of nitrogens with one attached hydrogen (secondary N) is 2. The Bertz CT molecular complexity index is 438. The predicted molar refractivity (Wildman–Crippen MR) is 71.3 cm³/mol. The molecule has 3 nitrogen and oxygen atoms in total. The van der Waals surface area contributed by atoms with Gasteiger partial charge in [-0.3, -0.25) is 4.79 Å². The Morgan fingerprint density at radius 2 is 2.11 bits per heavy atom. The van der Waals surface area contributed by atoms with Gasteiger partial charge in [0.05, 0.1) is 12.1 Å². The van der Waals surface area contributed by atoms with Gasteiger partial charge in [-0.15, -0.1) is 0 Å². The lowest BCUT2D eigenvalue weighted by molar-refractivity contribution is -0.123. The van der Waals surface area contributed by atoms with Gasteiger partial charge in [-0.25, -0.2) is 0 Å². The van der Waals surface area contributed by atoms with Crippen molar-refractivity contribution in [3.8, 4) is 0 Å². The van der Waals surface area contributed by atoms with E-state index in [4.69, 9.17) is 0 Å². The summed E-state index contributed by atoms with van der Waals surface area (Å²) in [6.45, 7) is 0.972. The molecule has 2 atom stereocenters. The fraction of sp³-hybridized carbons (Fsp3) is 0.533. The van der Waals surface area contributed by atoms with Crippen LogP contribution in [0.25, 0.3) is 0 Å². The fourth-order valence-electron chi connectivity index (χ4n) is 3.08. The molecule has 1 saturated heterocycles. The molecule has 3 heteroatoms. The largest absolute Gasteiger partial charge is 0.348 e. The molecule has 1 fully saturated rings. The number of hydrogen-bond donors (Lipinski definition) is 2. The Morgan fingerprint density at radius 1 is 1.22 bits per heavy atom. The summed E-state index contributed by atoms with van der Waals surface area (Å²) in [5.41, 5.74) is 2.71. The van der Waals surface area contributed by atoms with Gasteiger partial charge < -0.3 is 10.6 Å². The molecular weight excluding hydrogens is 224 g/mol. The van der Waals surface area contributed by atoms with Gasteiger partial charge in [0.2, 0.25) is 5.91 Å². The lowest BCUT2D eigenvalue weighted by atomic mass is 9.87. The van der Waals surface area contributed by atoms with E-state index in [2.05, 4.69) is 34.9 Å². The van der Waals surface area contributed by atoms with Gasteiger partial charge in [-0.1, -0.05) is 24.3 Å². The van der Waals surface area contributed by atoms with Gasteiger partial charge in [0.15, 0.2) is 0 Å². The van der Waals surface area contributed by atoms with Crippen LogP contribution in [0.3, 0.4) is 0 Å². The van der Waals surface area contributed by atoms with Crippen LogP contribution < -0.4 is 10.6 Å². The van der Waals surface area contributed by atoms with Crippen molar-refractivity contribution in [2.45, 2.75) is 44.2 Å². The Morgan fingerprint density at radius 3 is 2.94 bits per heavy atom. The van der Waals surface area contributed by atoms with Crippen LogP contribution in [-0.2, 0) is 11.2 Å². The zero-order chi connectivity index (χ0) is 12.4. The molecule has 1 aliphatic heterocycles. The first-order chi connectivity index (χ1) is 8.84. The van der Waals surface area contributed by atoms with Crippen LogP contribution in [-0.4, -0.2) is 18.5 Å². The van der Waals surface area contributed by atoms with Crippen molar-refractivity contribution in [3.05, 3.63) is 35.4 Å². The quantitative estimate of drug-likeness (QED) is 0.834. The molecule has 1 aromatic rings. The maximum Gasteiger partial charge on any atom is 0.237 e. The molecule has 1 unspecified atom stereocenters. The number of aryl methyl sites for hydroxylation is 1. The second-order valence-electron chi connectivity index (χ2n) is 5.30. The number of fused-ring (bicyclic) bond motifs is 1. The van der Waals surface area contributed by atoms with Gasteiger partial charge in [-0.05, 0) is 49.8 Å². The molecule has 2 aliphatic rings. The Labute approximate surface area is 108 Å². The minimum absolute atomic E-state index is 0.0269. The zero-order valence-corrected chi connectivity index (χ0v) is 10.6. The number of rotatable bonds is 2. The third-order valence-corrected chi connectivity index (χ3v) is 4.06. The van der Waals surface area contributed by atoms with Gasteiger partial charge in [-0.2, -0.15) is 0 Å². The molecule has 18 heavy (non-hydrogen) atoms. The minimum Gasteiger partial charge on any atom is -0.348 e. The molecule has 1 aliphatic carbocycles. The highest BCUT2D eigenvalue weighted by Crippen LogP contribution is 2.29. The molecule has 0 spiro atoms. The SMILES string of the molecule is O=C(N[C@@H]1CCCc2ccccc21)C1CCCN1. The second-order valence-corrected chi connectivity index (χ2v) is 5.30. The van der Waals surface area contributed by atoms with E-state index in [9.17, 15) is 4.79 Å². The van der Waals surface area contributed by atoms with Crippen LogP contribution in [0, 0.1) is 0 Å². The summed E-state index contributed by atoms with van der Waals surface area (Å²) in [4.78, 5) is 12.1. The summed E-state index contributed by atoms with van der Waals surface area (Å²) in [5, 5.41) is 6.47. The van der Waals surface area contributed by atoms with Crippen molar-refractivity contribution in [1.29, 1.82) is 0 Å². The molecule has 96 valence electrons. The van der Waals surface area contributed by atoms with E-state index in [1.165, 1.54) is 17.5 Å². The summed E-state index contributed by atoms with van der Waals surface area (Å²) in [6, 6.07) is 8.73. The van der Waals surface area contributed by atoms with Crippen LogP contribution in [0.1, 0.15) is 42.9 Å². The number of benzene rings is 1. The molecule has 3 rings (SSSR count). The van der Waals surface area contributed by atoms with Gasteiger partial charge >= 0.3 is 0 Å². The monoisotopic (exact) mass is 244 g/mol. The summed E-state index contributed by atoms with van der Waals surface area (Å²) in [5.74, 6) is 0.175. The Hall–Kier alpha value is -1.35. The predicted octanol–water partition coefficient (Wildman–Crippen LogP) is 1.93. The molecule has 0 aromatic heterocycles. The van der Waals surface area contributed by atoms with Crippen molar-refractivity contribution in [2.24, 2.45) is 0 Å². The van der Waals surface area contributed by atoms with E-state index >= 15 is 0 Å². The first kappa shape index (κ1) is 11.7. The number of amides is 1. The van der Waals surface area contributed by atoms with E-state index in [1.807, 2.05) is 0 Å². The Kier molecular flexibility index (Phi) is 3.33. The standard InChI is InChI=1S/C15H20N2O/c18-15(14-9-4-10-16-14)17-13-8-3-6-11-5-1-2-7-12(11)13/h1-2,5,7,13-14,16H,3-4,6,8-10H2,(H,17,18)/t13-,14?/m1/s1. The third kappa shape index (κ3) is 2.27. The summed E-state index contributed by atoms with van der Waals surface area (Å²) in [6.07, 6.45) is 5.46. The summed E-state index contributed by atoms with van der Waals surface area (Å²) < 4.78 is 0. The molecular formula is C15H20N2O. The topological polar surface area (TPSA) is 41.1 Å². The highest BCUT2D eigenvalue weighted by molar-refractivity contribution is 5.82. The van der Waals surface area contributed by atoms with Gasteiger partial charge in [0.25, 0.3) is 0 Å². The maximum atomic E-state index is 12.1. The van der Waals surface area contributed by atoms with Crippen molar-refractivity contribution in [1.82, 2.24) is 10.6 Å². The van der Waals surface area contributed by atoms with E-state index in [0.29, 0.717) is 0 Å². The molecule has 0 radical (unpaired) electrons. The summed E-state index contributed by atoms with van der Waals surface area (Å²) in [7, 11) is 0. The van der Waals surface area contributed by atoms with E-state index < -0.39 is 0 Å². The molecule has 2 N–H and O–H groups in total. The molecule has 1 aromatic carbocycles.